The van der Waals surface area contributed by atoms with E-state index < -0.39 is 6.04 Å². The Balaban J connectivity index is 1.73. The molecular formula is C18H20N4O2. The molecule has 1 aromatic carbocycles. The van der Waals surface area contributed by atoms with Crippen molar-refractivity contribution in [3.63, 3.8) is 0 Å². The predicted molar refractivity (Wildman–Crippen MR) is 89.3 cm³/mol. The third-order valence-corrected chi connectivity index (χ3v) is 3.84. The highest BCUT2D eigenvalue weighted by Gasteiger charge is 2.29. The first-order valence-electron chi connectivity index (χ1n) is 8.06. The van der Waals surface area contributed by atoms with Crippen molar-refractivity contribution in [1.29, 1.82) is 0 Å². The number of amides is 2. The number of aromatic nitrogens is 2. The smallest absolute Gasteiger partial charge is 0.270 e. The summed E-state index contributed by atoms with van der Waals surface area (Å²) in [4.78, 5) is 33.0. The Kier molecular flexibility index (Phi) is 4.84. The Morgan fingerprint density at radius 1 is 1.21 bits per heavy atom. The molecule has 2 amide bonds. The van der Waals surface area contributed by atoms with Crippen molar-refractivity contribution < 1.29 is 9.59 Å². The van der Waals surface area contributed by atoms with Crippen molar-refractivity contribution in [2.45, 2.75) is 38.3 Å². The largest absolute Gasteiger partial charge is 0.352 e. The van der Waals surface area contributed by atoms with Gasteiger partial charge in [0, 0.05) is 18.7 Å². The Hall–Kier alpha value is -2.76. The van der Waals surface area contributed by atoms with Crippen LogP contribution in [0.25, 0.3) is 0 Å². The van der Waals surface area contributed by atoms with Crippen LogP contribution < -0.4 is 10.6 Å². The number of carbonyl (C=O) groups is 2. The summed E-state index contributed by atoms with van der Waals surface area (Å²) in [6.45, 7) is 1.72. The molecule has 1 aromatic heterocycles. The maximum atomic E-state index is 12.5. The molecule has 0 saturated heterocycles. The van der Waals surface area contributed by atoms with Crippen LogP contribution in [0.4, 0.5) is 0 Å². The molecule has 0 unspecified atom stereocenters. The molecule has 6 nitrogen and oxygen atoms in total. The lowest BCUT2D eigenvalue weighted by Crippen LogP contribution is -2.48. The first-order chi connectivity index (χ1) is 11.6. The molecule has 2 aromatic rings. The number of rotatable bonds is 6. The third kappa shape index (κ3) is 4.38. The normalized spacial score (nSPS) is 14.7. The summed E-state index contributed by atoms with van der Waals surface area (Å²) in [6, 6.07) is 10.8. The second kappa shape index (κ2) is 7.21. The van der Waals surface area contributed by atoms with Gasteiger partial charge in [-0.15, -0.1) is 0 Å². The van der Waals surface area contributed by atoms with Crippen LogP contribution in [0, 0.1) is 6.92 Å². The van der Waals surface area contributed by atoms with Gasteiger partial charge in [0.2, 0.25) is 5.91 Å². The molecule has 124 valence electrons. The van der Waals surface area contributed by atoms with E-state index in [9.17, 15) is 9.59 Å². The van der Waals surface area contributed by atoms with Crippen LogP contribution in [-0.4, -0.2) is 33.9 Å². The highest BCUT2D eigenvalue weighted by atomic mass is 16.2. The van der Waals surface area contributed by atoms with Gasteiger partial charge in [0.15, 0.2) is 0 Å². The third-order valence-electron chi connectivity index (χ3n) is 3.84. The Morgan fingerprint density at radius 3 is 2.62 bits per heavy atom. The highest BCUT2D eigenvalue weighted by molar-refractivity contribution is 5.96. The molecule has 6 heteroatoms. The first-order valence-corrected chi connectivity index (χ1v) is 8.06. The van der Waals surface area contributed by atoms with Gasteiger partial charge in [-0.25, -0.2) is 9.97 Å². The summed E-state index contributed by atoms with van der Waals surface area (Å²) in [6.07, 6.45) is 3.98. The summed E-state index contributed by atoms with van der Waals surface area (Å²) < 4.78 is 0. The summed E-state index contributed by atoms with van der Waals surface area (Å²) in [7, 11) is 0. The quantitative estimate of drug-likeness (QED) is 0.841. The van der Waals surface area contributed by atoms with E-state index in [1.54, 1.807) is 13.0 Å². The Bertz CT molecular complexity index is 729. The van der Waals surface area contributed by atoms with Crippen molar-refractivity contribution in [3.05, 3.63) is 59.7 Å². The van der Waals surface area contributed by atoms with Crippen molar-refractivity contribution in [2.75, 3.05) is 0 Å². The van der Waals surface area contributed by atoms with Crippen molar-refractivity contribution in [1.82, 2.24) is 20.6 Å². The Morgan fingerprint density at radius 2 is 1.96 bits per heavy atom. The number of hydrogen-bond donors (Lipinski definition) is 2. The molecule has 0 spiro atoms. The number of benzene rings is 1. The molecule has 24 heavy (non-hydrogen) atoms. The number of aryl methyl sites for hydroxylation is 1. The first kappa shape index (κ1) is 16.1. The van der Waals surface area contributed by atoms with Gasteiger partial charge in [0.1, 0.15) is 17.6 Å². The van der Waals surface area contributed by atoms with E-state index in [4.69, 9.17) is 0 Å². The monoisotopic (exact) mass is 324 g/mol. The molecule has 1 atom stereocenters. The maximum absolute atomic E-state index is 12.5. The highest BCUT2D eigenvalue weighted by Crippen LogP contribution is 2.19. The number of hydrogen-bond acceptors (Lipinski definition) is 4. The van der Waals surface area contributed by atoms with Gasteiger partial charge in [0.05, 0.1) is 0 Å². The van der Waals surface area contributed by atoms with E-state index in [0.717, 1.165) is 18.4 Å². The van der Waals surface area contributed by atoms with Gasteiger partial charge in [-0.05, 0) is 31.4 Å². The summed E-state index contributed by atoms with van der Waals surface area (Å²) in [5.74, 6) is -0.00227. The maximum Gasteiger partial charge on any atom is 0.270 e. The van der Waals surface area contributed by atoms with Gasteiger partial charge in [-0.2, -0.15) is 0 Å². The number of nitrogens with zero attached hydrogens (tertiary/aromatic N) is 2. The molecule has 1 aliphatic carbocycles. The molecule has 0 aliphatic heterocycles. The van der Waals surface area contributed by atoms with Gasteiger partial charge in [-0.3, -0.25) is 9.59 Å². The topological polar surface area (TPSA) is 84.0 Å². The average Bonchev–Trinajstić information content (AvgIpc) is 3.39. The Labute approximate surface area is 140 Å². The molecule has 3 rings (SSSR count). The van der Waals surface area contributed by atoms with Crippen LogP contribution >= 0.6 is 0 Å². The zero-order valence-corrected chi connectivity index (χ0v) is 13.5. The lowest BCUT2D eigenvalue weighted by molar-refractivity contribution is -0.123. The molecule has 1 heterocycles. The van der Waals surface area contributed by atoms with Gasteiger partial charge >= 0.3 is 0 Å². The molecular weight excluding hydrogens is 304 g/mol. The zero-order valence-electron chi connectivity index (χ0n) is 13.5. The minimum Gasteiger partial charge on any atom is -0.352 e. The van der Waals surface area contributed by atoms with E-state index >= 15 is 0 Å². The fourth-order valence-corrected chi connectivity index (χ4v) is 2.40. The van der Waals surface area contributed by atoms with Crippen molar-refractivity contribution in [2.24, 2.45) is 0 Å². The second-order valence-electron chi connectivity index (χ2n) is 5.99. The van der Waals surface area contributed by atoms with Crippen LogP contribution in [0.2, 0.25) is 0 Å². The molecule has 0 radical (unpaired) electrons. The standard InChI is InChI=1S/C18H20N4O2/c1-12-19-10-9-15(20-12)17(23)22-16(18(24)21-14-7-8-14)11-13-5-3-2-4-6-13/h2-6,9-10,14,16H,7-8,11H2,1H3,(H,21,24)(H,22,23)/t16-/m0/s1. The van der Waals surface area contributed by atoms with E-state index in [0.29, 0.717) is 12.2 Å². The summed E-state index contributed by atoms with van der Waals surface area (Å²) in [5.41, 5.74) is 1.26. The lowest BCUT2D eigenvalue weighted by atomic mass is 10.0. The summed E-state index contributed by atoms with van der Waals surface area (Å²) in [5, 5.41) is 5.76. The van der Waals surface area contributed by atoms with E-state index in [2.05, 4.69) is 20.6 Å². The van der Waals surface area contributed by atoms with Gasteiger partial charge in [0.25, 0.3) is 5.91 Å². The molecule has 2 N–H and O–H groups in total. The minimum absolute atomic E-state index is 0.152. The molecule has 1 fully saturated rings. The van der Waals surface area contributed by atoms with Crippen LogP contribution in [0.3, 0.4) is 0 Å². The van der Waals surface area contributed by atoms with E-state index in [1.165, 1.54) is 6.20 Å². The zero-order chi connectivity index (χ0) is 16.9. The van der Waals surface area contributed by atoms with E-state index in [-0.39, 0.29) is 23.6 Å². The van der Waals surface area contributed by atoms with Crippen molar-refractivity contribution in [3.8, 4) is 0 Å². The van der Waals surface area contributed by atoms with Crippen molar-refractivity contribution >= 4 is 11.8 Å². The van der Waals surface area contributed by atoms with Gasteiger partial charge in [-0.1, -0.05) is 30.3 Å². The minimum atomic E-state index is -0.629. The van der Waals surface area contributed by atoms with Crippen LogP contribution in [0.1, 0.15) is 34.7 Å². The average molecular weight is 324 g/mol. The summed E-state index contributed by atoms with van der Waals surface area (Å²) >= 11 is 0. The SMILES string of the molecule is Cc1nccc(C(=O)N[C@@H](Cc2ccccc2)C(=O)NC2CC2)n1. The predicted octanol–water partition coefficient (Wildman–Crippen LogP) is 1.40. The number of nitrogens with one attached hydrogen (secondary N) is 2. The van der Waals surface area contributed by atoms with Crippen LogP contribution in [-0.2, 0) is 11.2 Å². The van der Waals surface area contributed by atoms with Crippen LogP contribution in [0.5, 0.6) is 0 Å². The van der Waals surface area contributed by atoms with Gasteiger partial charge < -0.3 is 10.6 Å². The second-order valence-corrected chi connectivity index (χ2v) is 5.99. The molecule has 0 bridgehead atoms. The molecule has 1 saturated carbocycles. The fraction of sp³-hybridized carbons (Fsp3) is 0.333. The van der Waals surface area contributed by atoms with Crippen LogP contribution in [0.15, 0.2) is 42.6 Å². The fourth-order valence-electron chi connectivity index (χ4n) is 2.40. The number of carbonyl (C=O) groups excluding carboxylic acids is 2. The molecule has 1 aliphatic rings. The van der Waals surface area contributed by atoms with E-state index in [1.807, 2.05) is 30.3 Å². The lowest BCUT2D eigenvalue weighted by Gasteiger charge is -2.18.